The predicted molar refractivity (Wildman–Crippen MR) is 140 cm³/mol. The van der Waals surface area contributed by atoms with Crippen LogP contribution >= 0.6 is 0 Å². The van der Waals surface area contributed by atoms with E-state index in [1.807, 2.05) is 0 Å². The summed E-state index contributed by atoms with van der Waals surface area (Å²) in [5.74, 6) is 1.31. The van der Waals surface area contributed by atoms with Crippen LogP contribution in [0, 0.1) is 17.8 Å². The van der Waals surface area contributed by atoms with Gasteiger partial charge in [-0.3, -0.25) is 0 Å². The van der Waals surface area contributed by atoms with Crippen molar-refractivity contribution in [2.75, 3.05) is 7.11 Å². The lowest BCUT2D eigenvalue weighted by Crippen LogP contribution is -2.40. The fourth-order valence-electron chi connectivity index (χ4n) is 4.85. The fraction of sp³-hybridized carbons (Fsp3) is 0.846. The van der Waals surface area contributed by atoms with Gasteiger partial charge < -0.3 is 18.7 Å². The van der Waals surface area contributed by atoms with Crippen LogP contribution in [-0.4, -0.2) is 40.9 Å². The summed E-state index contributed by atoms with van der Waals surface area (Å²) in [5.41, 5.74) is 1.37. The van der Waals surface area contributed by atoms with Gasteiger partial charge in [-0.1, -0.05) is 52.2 Å². The second-order valence-corrected chi connectivity index (χ2v) is 21.1. The van der Waals surface area contributed by atoms with E-state index < -0.39 is 16.6 Å². The molecule has 0 aromatic carbocycles. The normalized spacial score (nSPS) is 29.1. The summed E-state index contributed by atoms with van der Waals surface area (Å²) in [6.45, 7) is 17.6. The molecule has 1 aliphatic carbocycles. The molecule has 0 radical (unpaired) electrons. The molecule has 1 heterocycles. The molecule has 1 saturated heterocycles. The first-order valence-electron chi connectivity index (χ1n) is 12.7. The van der Waals surface area contributed by atoms with Gasteiger partial charge in [0.2, 0.25) is 8.32 Å². The van der Waals surface area contributed by atoms with Crippen molar-refractivity contribution in [2.45, 2.75) is 116 Å². The first-order chi connectivity index (χ1) is 14.8. The summed E-state index contributed by atoms with van der Waals surface area (Å²) in [5, 5.41) is -0.0103. The Morgan fingerprint density at radius 3 is 2.44 bits per heavy atom. The average molecular weight is 483 g/mol. The Labute approximate surface area is 200 Å². The summed E-state index contributed by atoms with van der Waals surface area (Å²) in [6.07, 6.45) is 15.0. The Bertz CT molecular complexity index is 645. The van der Waals surface area contributed by atoms with E-state index in [0.717, 1.165) is 19.3 Å². The molecular formula is C26H50O4Si2. The van der Waals surface area contributed by atoms with E-state index in [4.69, 9.17) is 13.9 Å². The minimum atomic E-state index is -2.24. The topological polar surface area (TPSA) is 47.9 Å². The highest BCUT2D eigenvalue weighted by Gasteiger charge is 2.46. The molecule has 6 heteroatoms. The van der Waals surface area contributed by atoms with Crippen LogP contribution in [0.1, 0.15) is 65.7 Å². The molecular weight excluding hydrogens is 432 g/mol. The van der Waals surface area contributed by atoms with E-state index >= 15 is 0 Å². The van der Waals surface area contributed by atoms with E-state index in [9.17, 15) is 4.80 Å². The quantitative estimate of drug-likeness (QED) is 0.138. The molecule has 1 N–H and O–H groups in total. The van der Waals surface area contributed by atoms with E-state index in [2.05, 4.69) is 71.9 Å². The minimum Gasteiger partial charge on any atom is -0.550 e. The van der Waals surface area contributed by atoms with Crippen LogP contribution in [0.15, 0.2) is 24.0 Å². The molecule has 0 bridgehead atoms. The van der Waals surface area contributed by atoms with Gasteiger partial charge in [-0.05, 0) is 68.5 Å². The summed E-state index contributed by atoms with van der Waals surface area (Å²) < 4.78 is 17.9. The van der Waals surface area contributed by atoms with Crippen molar-refractivity contribution in [2.24, 2.45) is 17.8 Å². The van der Waals surface area contributed by atoms with Crippen LogP contribution in [0.2, 0.25) is 37.8 Å². The Morgan fingerprint density at radius 1 is 1.19 bits per heavy atom. The van der Waals surface area contributed by atoms with Gasteiger partial charge in [0.05, 0.1) is 12.4 Å². The number of ether oxygens (including phenoxy) is 2. The van der Waals surface area contributed by atoms with Gasteiger partial charge in [0, 0.05) is 25.4 Å². The van der Waals surface area contributed by atoms with Gasteiger partial charge in [-0.25, -0.2) is 0 Å². The second kappa shape index (κ2) is 11.3. The Kier molecular flexibility index (Phi) is 9.87. The first kappa shape index (κ1) is 27.8. The van der Waals surface area contributed by atoms with Gasteiger partial charge >= 0.3 is 0 Å². The van der Waals surface area contributed by atoms with Crippen molar-refractivity contribution >= 4 is 16.6 Å². The highest BCUT2D eigenvalue weighted by molar-refractivity contribution is 6.72. The third-order valence-corrected chi connectivity index (χ3v) is 12.0. The van der Waals surface area contributed by atoms with Crippen molar-refractivity contribution in [3.05, 3.63) is 24.0 Å². The monoisotopic (exact) mass is 482 g/mol. The molecule has 1 saturated carbocycles. The molecule has 32 heavy (non-hydrogen) atoms. The molecule has 2 fully saturated rings. The van der Waals surface area contributed by atoms with Crippen LogP contribution in [0.3, 0.4) is 0 Å². The third kappa shape index (κ3) is 7.83. The van der Waals surface area contributed by atoms with Crippen LogP contribution in [0.4, 0.5) is 0 Å². The van der Waals surface area contributed by atoms with Gasteiger partial charge in [0.1, 0.15) is 0 Å². The average Bonchev–Trinajstić information content (AvgIpc) is 3.20. The van der Waals surface area contributed by atoms with Gasteiger partial charge in [0.25, 0.3) is 0 Å². The molecule has 2 rings (SSSR count). The summed E-state index contributed by atoms with van der Waals surface area (Å²) >= 11 is 0. The number of hydrogen-bond donors (Lipinski definition) is 1. The van der Waals surface area contributed by atoms with Crippen molar-refractivity contribution in [3.8, 4) is 0 Å². The predicted octanol–water partition coefficient (Wildman–Crippen LogP) is 7.24. The maximum atomic E-state index is 10.9. The molecule has 0 spiro atoms. The number of unbranched alkanes of at least 4 members (excludes halogenated alkanes) is 2. The van der Waals surface area contributed by atoms with Gasteiger partial charge in [-0.15, -0.1) is 0 Å². The smallest absolute Gasteiger partial charge is 0.241 e. The molecule has 4 nitrogen and oxygen atoms in total. The lowest BCUT2D eigenvalue weighted by atomic mass is 9.86. The molecule has 186 valence electrons. The zero-order chi connectivity index (χ0) is 24.2. The van der Waals surface area contributed by atoms with Crippen LogP contribution < -0.4 is 0 Å². The van der Waals surface area contributed by atoms with Crippen molar-refractivity contribution in [3.63, 3.8) is 0 Å². The number of rotatable bonds is 12. The third-order valence-electron chi connectivity index (χ3n) is 7.62. The van der Waals surface area contributed by atoms with Crippen LogP contribution in [-0.2, 0) is 13.9 Å². The molecule has 2 aliphatic rings. The number of methoxy groups -OCH3 is 1. The lowest BCUT2D eigenvalue weighted by molar-refractivity contribution is -0.113. The maximum Gasteiger partial charge on any atom is 0.241 e. The number of hydrogen-bond acceptors (Lipinski definition) is 4. The second-order valence-electron chi connectivity index (χ2n) is 12.2. The standard InChI is InChI=1S/C26H50O4Si2/c1-10-11-12-13-20(18-26(2,3)32(8,9)27)14-15-22-21(19-29-31(5,6)7)16-24-23(22)17-25(28-4)30-24/h14-15,19-20,22-25,27H,10-13,16-18H2,1-9H3/b15-14+,21-19?/t20-,22-,23+,24-,25?/m0/s1. The Balaban J connectivity index is 2.23. The van der Waals surface area contributed by atoms with E-state index in [-0.39, 0.29) is 17.4 Å². The SMILES string of the molecule is CCCCC[C@@H](/C=C/[C@H]1C(=CO[Si](C)(C)C)C[C@@H]2OC(OC)C[C@@H]21)CC(C)(C)[Si](C)(C)O. The minimum absolute atomic E-state index is 0.0103. The van der Waals surface area contributed by atoms with E-state index in [1.54, 1.807) is 7.11 Å². The molecule has 5 atom stereocenters. The lowest BCUT2D eigenvalue weighted by Gasteiger charge is -2.37. The summed E-state index contributed by atoms with van der Waals surface area (Å²) in [7, 11) is -2.11. The Hall–Kier alpha value is -0.406. The highest BCUT2D eigenvalue weighted by Crippen LogP contribution is 2.48. The van der Waals surface area contributed by atoms with Crippen molar-refractivity contribution in [1.82, 2.24) is 0 Å². The maximum absolute atomic E-state index is 10.9. The fourth-order valence-corrected chi connectivity index (χ4v) is 6.11. The van der Waals surface area contributed by atoms with Crippen molar-refractivity contribution in [1.29, 1.82) is 0 Å². The number of allylic oxidation sites excluding steroid dienone is 2. The summed E-state index contributed by atoms with van der Waals surface area (Å²) in [6, 6.07) is 0. The van der Waals surface area contributed by atoms with Crippen LogP contribution in [0.25, 0.3) is 0 Å². The largest absolute Gasteiger partial charge is 0.550 e. The molecule has 1 unspecified atom stereocenters. The highest BCUT2D eigenvalue weighted by atomic mass is 28.4. The zero-order valence-electron chi connectivity index (χ0n) is 22.2. The molecule has 0 aromatic rings. The van der Waals surface area contributed by atoms with Crippen molar-refractivity contribution < 1.29 is 18.7 Å². The van der Waals surface area contributed by atoms with Gasteiger partial charge in [0.15, 0.2) is 14.6 Å². The molecule has 1 aliphatic heterocycles. The van der Waals surface area contributed by atoms with Gasteiger partial charge in [-0.2, -0.15) is 0 Å². The van der Waals surface area contributed by atoms with Crippen LogP contribution in [0.5, 0.6) is 0 Å². The van der Waals surface area contributed by atoms with E-state index in [1.165, 1.54) is 31.3 Å². The molecule has 0 amide bonds. The summed E-state index contributed by atoms with van der Waals surface area (Å²) in [4.78, 5) is 10.9. The van der Waals surface area contributed by atoms with E-state index in [0.29, 0.717) is 17.8 Å². The molecule has 0 aromatic heterocycles. The zero-order valence-corrected chi connectivity index (χ0v) is 24.2. The Morgan fingerprint density at radius 2 is 1.88 bits per heavy atom. The number of fused-ring (bicyclic) bond motifs is 1. The first-order valence-corrected chi connectivity index (χ1v) is 19.1.